The fourth-order valence-corrected chi connectivity index (χ4v) is 2.71. The van der Waals surface area contributed by atoms with Gasteiger partial charge in [0.25, 0.3) is 0 Å². The minimum atomic E-state index is -0.452. The maximum atomic E-state index is 12.1. The Kier molecular flexibility index (Phi) is 4.18. The van der Waals surface area contributed by atoms with Crippen molar-refractivity contribution in [3.8, 4) is 0 Å². The van der Waals surface area contributed by atoms with Crippen LogP contribution in [-0.2, 0) is 14.3 Å². The lowest BCUT2D eigenvalue weighted by Crippen LogP contribution is -2.38. The summed E-state index contributed by atoms with van der Waals surface area (Å²) in [5, 5.41) is 5.63. The summed E-state index contributed by atoms with van der Waals surface area (Å²) in [5.74, 6) is -0.266. The van der Waals surface area contributed by atoms with Gasteiger partial charge in [0.15, 0.2) is 0 Å². The van der Waals surface area contributed by atoms with Crippen molar-refractivity contribution in [1.82, 2.24) is 5.32 Å². The summed E-state index contributed by atoms with van der Waals surface area (Å²) in [4.78, 5) is 12.1. The standard InChI is InChI=1S/C17H19NO3/c1-20-17(19)16(18-15-8-9-21-11-15)14-7-6-12-4-2-3-5-13(12)10-14/h2-7,10,15-16,18H,8-9,11H2,1H3/t15-,16-/m1/s1. The van der Waals surface area contributed by atoms with E-state index in [1.54, 1.807) is 0 Å². The molecule has 0 amide bonds. The first-order chi connectivity index (χ1) is 10.3. The number of hydrogen-bond donors (Lipinski definition) is 1. The highest BCUT2D eigenvalue weighted by Gasteiger charge is 2.26. The van der Waals surface area contributed by atoms with Gasteiger partial charge in [-0.3, -0.25) is 5.32 Å². The van der Waals surface area contributed by atoms with Gasteiger partial charge in [0, 0.05) is 12.6 Å². The van der Waals surface area contributed by atoms with E-state index in [1.165, 1.54) is 7.11 Å². The zero-order valence-electron chi connectivity index (χ0n) is 12.0. The summed E-state index contributed by atoms with van der Waals surface area (Å²) < 4.78 is 10.3. The number of rotatable bonds is 4. The smallest absolute Gasteiger partial charge is 0.327 e. The number of nitrogens with one attached hydrogen (secondary N) is 1. The average molecular weight is 285 g/mol. The fourth-order valence-electron chi connectivity index (χ4n) is 2.71. The van der Waals surface area contributed by atoms with Crippen molar-refractivity contribution in [2.45, 2.75) is 18.5 Å². The second-order valence-electron chi connectivity index (χ2n) is 5.29. The molecule has 0 aliphatic carbocycles. The number of carbonyl (C=O) groups is 1. The van der Waals surface area contributed by atoms with Crippen LogP contribution in [-0.4, -0.2) is 32.3 Å². The molecule has 1 N–H and O–H groups in total. The zero-order chi connectivity index (χ0) is 14.7. The van der Waals surface area contributed by atoms with E-state index in [9.17, 15) is 4.79 Å². The number of esters is 1. The van der Waals surface area contributed by atoms with Gasteiger partial charge >= 0.3 is 5.97 Å². The van der Waals surface area contributed by atoms with Crippen molar-refractivity contribution in [3.63, 3.8) is 0 Å². The van der Waals surface area contributed by atoms with Crippen molar-refractivity contribution >= 4 is 16.7 Å². The van der Waals surface area contributed by atoms with Crippen LogP contribution in [0.2, 0.25) is 0 Å². The van der Waals surface area contributed by atoms with Crippen LogP contribution in [0.1, 0.15) is 18.0 Å². The third kappa shape index (κ3) is 3.06. The lowest BCUT2D eigenvalue weighted by molar-refractivity contribution is -0.143. The third-order valence-electron chi connectivity index (χ3n) is 3.88. The van der Waals surface area contributed by atoms with Gasteiger partial charge in [0.2, 0.25) is 0 Å². The quantitative estimate of drug-likeness (QED) is 0.877. The molecule has 1 aliphatic rings. The fraction of sp³-hybridized carbons (Fsp3) is 0.353. The molecule has 0 spiro atoms. The molecule has 0 radical (unpaired) electrons. The lowest BCUT2D eigenvalue weighted by Gasteiger charge is -2.21. The molecule has 0 aromatic heterocycles. The maximum absolute atomic E-state index is 12.1. The minimum absolute atomic E-state index is 0.195. The molecule has 2 aromatic carbocycles. The minimum Gasteiger partial charge on any atom is -0.468 e. The largest absolute Gasteiger partial charge is 0.468 e. The van der Waals surface area contributed by atoms with E-state index in [1.807, 2.05) is 36.4 Å². The van der Waals surface area contributed by atoms with Crippen molar-refractivity contribution in [3.05, 3.63) is 48.0 Å². The van der Waals surface area contributed by atoms with Gasteiger partial charge in [0.1, 0.15) is 6.04 Å². The number of methoxy groups -OCH3 is 1. The van der Waals surface area contributed by atoms with Crippen LogP contribution in [0.3, 0.4) is 0 Å². The maximum Gasteiger partial charge on any atom is 0.327 e. The van der Waals surface area contributed by atoms with Gasteiger partial charge in [-0.25, -0.2) is 4.79 Å². The van der Waals surface area contributed by atoms with Crippen LogP contribution in [0.4, 0.5) is 0 Å². The molecule has 1 heterocycles. The molecule has 3 rings (SSSR count). The molecule has 0 saturated carbocycles. The summed E-state index contributed by atoms with van der Waals surface area (Å²) in [5.41, 5.74) is 0.924. The Morgan fingerprint density at radius 1 is 1.29 bits per heavy atom. The molecular formula is C17H19NO3. The molecule has 2 aromatic rings. The van der Waals surface area contributed by atoms with Crippen LogP contribution in [0.5, 0.6) is 0 Å². The number of carbonyl (C=O) groups excluding carboxylic acids is 1. The first-order valence-corrected chi connectivity index (χ1v) is 7.18. The van der Waals surface area contributed by atoms with Crippen LogP contribution < -0.4 is 5.32 Å². The molecule has 1 saturated heterocycles. The molecular weight excluding hydrogens is 266 g/mol. The van der Waals surface area contributed by atoms with E-state index < -0.39 is 6.04 Å². The van der Waals surface area contributed by atoms with Crippen molar-refractivity contribution < 1.29 is 14.3 Å². The number of fused-ring (bicyclic) bond motifs is 1. The highest BCUT2D eigenvalue weighted by atomic mass is 16.5. The number of ether oxygens (including phenoxy) is 2. The van der Waals surface area contributed by atoms with Crippen LogP contribution in [0, 0.1) is 0 Å². The van der Waals surface area contributed by atoms with Gasteiger partial charge < -0.3 is 9.47 Å². The second-order valence-corrected chi connectivity index (χ2v) is 5.29. The van der Waals surface area contributed by atoms with E-state index in [4.69, 9.17) is 9.47 Å². The summed E-state index contributed by atoms with van der Waals surface area (Å²) in [7, 11) is 1.42. The van der Waals surface area contributed by atoms with Crippen LogP contribution in [0.25, 0.3) is 10.8 Å². The van der Waals surface area contributed by atoms with Gasteiger partial charge in [-0.15, -0.1) is 0 Å². The van der Waals surface area contributed by atoms with E-state index in [0.29, 0.717) is 6.61 Å². The highest BCUT2D eigenvalue weighted by molar-refractivity contribution is 5.85. The molecule has 4 nitrogen and oxygen atoms in total. The Bertz CT molecular complexity index is 635. The Balaban J connectivity index is 1.90. The predicted octanol–water partition coefficient (Wildman–Crippen LogP) is 2.43. The molecule has 4 heteroatoms. The summed E-state index contributed by atoms with van der Waals surface area (Å²) in [6.45, 7) is 1.38. The van der Waals surface area contributed by atoms with Crippen molar-refractivity contribution in [1.29, 1.82) is 0 Å². The number of benzene rings is 2. The Morgan fingerprint density at radius 2 is 2.10 bits per heavy atom. The Labute approximate surface area is 124 Å². The molecule has 1 aliphatic heterocycles. The van der Waals surface area contributed by atoms with E-state index in [-0.39, 0.29) is 12.0 Å². The van der Waals surface area contributed by atoms with Gasteiger partial charge in [-0.05, 0) is 28.8 Å². The van der Waals surface area contributed by atoms with E-state index >= 15 is 0 Å². The first kappa shape index (κ1) is 14.0. The highest BCUT2D eigenvalue weighted by Crippen LogP contribution is 2.22. The second kappa shape index (κ2) is 6.24. The van der Waals surface area contributed by atoms with Crippen molar-refractivity contribution in [2.75, 3.05) is 20.3 Å². The molecule has 21 heavy (non-hydrogen) atoms. The SMILES string of the molecule is COC(=O)[C@H](N[C@@H]1CCOC1)c1ccc2ccccc2c1. The summed E-state index contributed by atoms with van der Waals surface area (Å²) in [6.07, 6.45) is 0.918. The Hall–Kier alpha value is -1.91. The predicted molar refractivity (Wildman–Crippen MR) is 81.1 cm³/mol. The third-order valence-corrected chi connectivity index (χ3v) is 3.88. The molecule has 110 valence electrons. The van der Waals surface area contributed by atoms with Crippen molar-refractivity contribution in [2.24, 2.45) is 0 Å². The zero-order valence-corrected chi connectivity index (χ0v) is 12.0. The summed E-state index contributed by atoms with van der Waals surface area (Å²) in [6, 6.07) is 13.9. The first-order valence-electron chi connectivity index (χ1n) is 7.18. The van der Waals surface area contributed by atoms with Gasteiger partial charge in [0.05, 0.1) is 13.7 Å². The monoisotopic (exact) mass is 285 g/mol. The van der Waals surface area contributed by atoms with E-state index in [0.717, 1.165) is 29.4 Å². The molecule has 0 unspecified atom stereocenters. The Morgan fingerprint density at radius 3 is 2.81 bits per heavy atom. The van der Waals surface area contributed by atoms with E-state index in [2.05, 4.69) is 11.4 Å². The van der Waals surface area contributed by atoms with Crippen LogP contribution in [0.15, 0.2) is 42.5 Å². The molecule has 0 bridgehead atoms. The van der Waals surface area contributed by atoms with Gasteiger partial charge in [-0.1, -0.05) is 36.4 Å². The topological polar surface area (TPSA) is 47.6 Å². The number of hydrogen-bond acceptors (Lipinski definition) is 4. The molecule has 1 fully saturated rings. The lowest BCUT2D eigenvalue weighted by atomic mass is 10.0. The molecule has 2 atom stereocenters. The normalized spacial score (nSPS) is 19.6. The van der Waals surface area contributed by atoms with Gasteiger partial charge in [-0.2, -0.15) is 0 Å². The summed E-state index contributed by atoms with van der Waals surface area (Å²) >= 11 is 0. The average Bonchev–Trinajstić information content (AvgIpc) is 3.04. The van der Waals surface area contributed by atoms with Crippen LogP contribution >= 0.6 is 0 Å².